The summed E-state index contributed by atoms with van der Waals surface area (Å²) in [6.07, 6.45) is -0.940. The summed E-state index contributed by atoms with van der Waals surface area (Å²) in [7, 11) is -3.05. The van der Waals surface area contributed by atoms with Crippen LogP contribution in [0, 0.1) is 11.8 Å². The van der Waals surface area contributed by atoms with E-state index in [-0.39, 0.29) is 19.5 Å². The van der Waals surface area contributed by atoms with Crippen LogP contribution in [0.15, 0.2) is 0 Å². The van der Waals surface area contributed by atoms with Crippen molar-refractivity contribution in [1.82, 2.24) is 9.03 Å². The van der Waals surface area contributed by atoms with Crippen LogP contribution in [0.2, 0.25) is 0 Å². The molecule has 9 nitrogen and oxygen atoms in total. The highest BCUT2D eigenvalue weighted by Crippen LogP contribution is 2.32. The number of hydrogen-bond acceptors (Lipinski definition) is 7. The molecule has 0 spiro atoms. The molecule has 0 aliphatic carbocycles. The second-order valence-electron chi connectivity index (χ2n) is 4.20. The summed E-state index contributed by atoms with van der Waals surface area (Å²) in [5, 5.41) is 0. The summed E-state index contributed by atoms with van der Waals surface area (Å²) in [5.41, 5.74) is 0. The number of fused-ring (bicyclic) bond motifs is 1. The molecule has 2 rings (SSSR count). The van der Waals surface area contributed by atoms with Crippen molar-refractivity contribution >= 4 is 28.2 Å². The number of amides is 1. The highest BCUT2D eigenvalue weighted by Gasteiger charge is 2.49. The average molecular weight is 292 g/mol. The zero-order valence-corrected chi connectivity index (χ0v) is 10.8. The number of nitrogens with one attached hydrogen (secondary N) is 1. The van der Waals surface area contributed by atoms with Crippen LogP contribution < -0.4 is 4.72 Å². The van der Waals surface area contributed by atoms with Crippen molar-refractivity contribution in [3.63, 3.8) is 0 Å². The maximum absolute atomic E-state index is 11.8. The van der Waals surface area contributed by atoms with Crippen LogP contribution in [-0.2, 0) is 29.3 Å². The van der Waals surface area contributed by atoms with Crippen LogP contribution >= 0.6 is 0 Å². The van der Waals surface area contributed by atoms with Gasteiger partial charge in [-0.2, -0.15) is 12.7 Å². The lowest BCUT2D eigenvalue weighted by Gasteiger charge is -2.30. The van der Waals surface area contributed by atoms with Crippen LogP contribution in [0.4, 0.5) is 4.79 Å². The summed E-state index contributed by atoms with van der Waals surface area (Å²) < 4.78 is 34.9. The van der Waals surface area contributed by atoms with Crippen molar-refractivity contribution in [2.45, 2.75) is 6.42 Å². The molecule has 0 aromatic rings. The number of rotatable bonds is 2. The smallest absolute Gasteiger partial charge is 0.421 e. The van der Waals surface area contributed by atoms with Crippen LogP contribution in [0.25, 0.3) is 0 Å². The second kappa shape index (κ2) is 4.78. The number of piperidine rings is 1. The van der Waals surface area contributed by atoms with Gasteiger partial charge in [0.05, 0.1) is 18.9 Å². The first-order valence-electron chi connectivity index (χ1n) is 5.46. The number of carbonyl (C=O) groups excluding carboxylic acids is 3. The minimum Gasteiger partial charge on any atom is -0.452 e. The molecule has 2 heterocycles. The van der Waals surface area contributed by atoms with E-state index in [1.807, 2.05) is 0 Å². The topological polar surface area (TPSA) is 119 Å². The number of ether oxygens (including phenoxy) is 2. The number of methoxy groups -OCH3 is 1. The molecule has 0 aromatic carbocycles. The Morgan fingerprint density at radius 1 is 1.37 bits per heavy atom. The van der Waals surface area contributed by atoms with E-state index >= 15 is 0 Å². The monoisotopic (exact) mass is 292 g/mol. The molecule has 0 saturated carbocycles. The molecule has 2 atom stereocenters. The Labute approximate surface area is 109 Å². The quantitative estimate of drug-likeness (QED) is 0.491. The molecule has 2 aliphatic rings. The van der Waals surface area contributed by atoms with Gasteiger partial charge in [0.25, 0.3) is 0 Å². The molecule has 19 heavy (non-hydrogen) atoms. The van der Waals surface area contributed by atoms with E-state index < -0.39 is 40.1 Å². The normalized spacial score (nSPS) is 27.6. The number of cyclic esters (lactones) is 2. The second-order valence-corrected chi connectivity index (χ2v) is 5.87. The van der Waals surface area contributed by atoms with Crippen LogP contribution in [0.5, 0.6) is 0 Å². The number of esters is 2. The van der Waals surface area contributed by atoms with E-state index in [0.29, 0.717) is 0 Å². The fourth-order valence-electron chi connectivity index (χ4n) is 2.12. The first-order chi connectivity index (χ1) is 8.85. The highest BCUT2D eigenvalue weighted by atomic mass is 32.2. The predicted molar refractivity (Wildman–Crippen MR) is 58.7 cm³/mol. The molecule has 0 aromatic heterocycles. The predicted octanol–water partition coefficient (Wildman–Crippen LogP) is -1.39. The zero-order valence-electron chi connectivity index (χ0n) is 9.99. The van der Waals surface area contributed by atoms with Gasteiger partial charge in [-0.15, -0.1) is 0 Å². The minimum atomic E-state index is -4.08. The van der Waals surface area contributed by atoms with Crippen molar-refractivity contribution in [3.8, 4) is 0 Å². The maximum atomic E-state index is 11.8. The van der Waals surface area contributed by atoms with Gasteiger partial charge in [-0.3, -0.25) is 9.59 Å². The van der Waals surface area contributed by atoms with Gasteiger partial charge in [0, 0.05) is 13.1 Å². The SMILES string of the molecule is COC(=O)NS(=O)(=O)N1CCC2C(=O)OC(=O)C2C1. The highest BCUT2D eigenvalue weighted by molar-refractivity contribution is 7.87. The first kappa shape index (κ1) is 13.7. The third-order valence-corrected chi connectivity index (χ3v) is 4.56. The molecule has 2 saturated heterocycles. The number of carbonyl (C=O) groups is 3. The minimum absolute atomic E-state index is 0.0237. The Bertz CT molecular complexity index is 529. The lowest BCUT2D eigenvalue weighted by Crippen LogP contribution is -2.50. The Morgan fingerprint density at radius 3 is 2.63 bits per heavy atom. The van der Waals surface area contributed by atoms with Gasteiger partial charge >= 0.3 is 28.2 Å². The molecule has 0 radical (unpaired) electrons. The molecule has 1 N–H and O–H groups in total. The Hall–Kier alpha value is -1.68. The van der Waals surface area contributed by atoms with E-state index in [4.69, 9.17) is 0 Å². The zero-order chi connectivity index (χ0) is 14.2. The Balaban J connectivity index is 2.10. The summed E-state index contributed by atoms with van der Waals surface area (Å²) in [5.74, 6) is -2.76. The third kappa shape index (κ3) is 2.54. The van der Waals surface area contributed by atoms with Crippen molar-refractivity contribution < 1.29 is 32.3 Å². The summed E-state index contributed by atoms with van der Waals surface area (Å²) >= 11 is 0. The van der Waals surface area contributed by atoms with E-state index in [1.54, 1.807) is 4.72 Å². The fourth-order valence-corrected chi connectivity index (χ4v) is 3.25. The van der Waals surface area contributed by atoms with Gasteiger partial charge < -0.3 is 9.47 Å². The van der Waals surface area contributed by atoms with Crippen molar-refractivity contribution in [2.24, 2.45) is 11.8 Å². The number of nitrogens with zero attached hydrogens (tertiary/aromatic N) is 1. The molecular weight excluding hydrogens is 280 g/mol. The summed E-state index contributed by atoms with van der Waals surface area (Å²) in [6.45, 7) is -0.169. The van der Waals surface area contributed by atoms with Crippen LogP contribution in [-0.4, -0.2) is 51.0 Å². The first-order valence-corrected chi connectivity index (χ1v) is 6.90. The van der Waals surface area contributed by atoms with Gasteiger partial charge in [-0.25, -0.2) is 9.52 Å². The van der Waals surface area contributed by atoms with Gasteiger partial charge in [-0.05, 0) is 6.42 Å². The molecule has 10 heteroatoms. The lowest BCUT2D eigenvalue weighted by molar-refractivity contribution is -0.153. The average Bonchev–Trinajstić information content (AvgIpc) is 2.64. The van der Waals surface area contributed by atoms with Crippen LogP contribution in [0.1, 0.15) is 6.42 Å². The van der Waals surface area contributed by atoms with Gasteiger partial charge in [0.2, 0.25) is 0 Å². The summed E-state index contributed by atoms with van der Waals surface area (Å²) in [6, 6.07) is 0. The molecule has 106 valence electrons. The number of hydrogen-bond donors (Lipinski definition) is 1. The van der Waals surface area contributed by atoms with Crippen LogP contribution in [0.3, 0.4) is 0 Å². The largest absolute Gasteiger partial charge is 0.452 e. The van der Waals surface area contributed by atoms with E-state index in [1.165, 1.54) is 0 Å². The Morgan fingerprint density at radius 2 is 2.00 bits per heavy atom. The molecular formula is C9H12N2O7S. The van der Waals surface area contributed by atoms with E-state index in [9.17, 15) is 22.8 Å². The lowest BCUT2D eigenvalue weighted by atomic mass is 9.89. The van der Waals surface area contributed by atoms with Crippen molar-refractivity contribution in [3.05, 3.63) is 0 Å². The van der Waals surface area contributed by atoms with Gasteiger partial charge in [-0.1, -0.05) is 0 Å². The molecule has 2 fully saturated rings. The maximum Gasteiger partial charge on any atom is 0.421 e. The molecule has 2 aliphatic heterocycles. The van der Waals surface area contributed by atoms with Gasteiger partial charge in [0.1, 0.15) is 0 Å². The van der Waals surface area contributed by atoms with E-state index in [0.717, 1.165) is 11.4 Å². The van der Waals surface area contributed by atoms with Crippen molar-refractivity contribution in [1.29, 1.82) is 0 Å². The third-order valence-electron chi connectivity index (χ3n) is 3.12. The summed E-state index contributed by atoms with van der Waals surface area (Å²) in [4.78, 5) is 33.6. The molecule has 0 bridgehead atoms. The van der Waals surface area contributed by atoms with E-state index in [2.05, 4.69) is 9.47 Å². The molecule has 1 amide bonds. The molecule has 2 unspecified atom stereocenters. The van der Waals surface area contributed by atoms with Crippen molar-refractivity contribution in [2.75, 3.05) is 20.2 Å². The Kier molecular flexibility index (Phi) is 3.45. The van der Waals surface area contributed by atoms with Gasteiger partial charge in [0.15, 0.2) is 0 Å². The fraction of sp³-hybridized carbons (Fsp3) is 0.667. The standard InChI is InChI=1S/C9H12N2O7S/c1-17-9(14)10-19(15,16)11-3-2-5-6(4-11)8(13)18-7(5)12/h5-6H,2-4H2,1H3,(H,10,14).